The molecular weight excluding hydrogens is 473 g/mol. The van der Waals surface area contributed by atoms with Gasteiger partial charge in [-0.1, -0.05) is 12.1 Å². The zero-order valence-electron chi connectivity index (χ0n) is 19.8. The number of benzene rings is 1. The zero-order chi connectivity index (χ0) is 24.7. The summed E-state index contributed by atoms with van der Waals surface area (Å²) in [5.74, 6) is 0.438. The molecule has 0 spiro atoms. The Morgan fingerprint density at radius 3 is 2.60 bits per heavy atom. The average molecular weight is 504 g/mol. The molecule has 1 saturated carbocycles. The van der Waals surface area contributed by atoms with E-state index in [9.17, 15) is 17.9 Å². The molecule has 10 nitrogen and oxygen atoms in total. The minimum absolute atomic E-state index is 0.165. The Kier molecular flexibility index (Phi) is 6.36. The maximum Gasteiger partial charge on any atom is 0.224 e. The summed E-state index contributed by atoms with van der Waals surface area (Å²) >= 11 is 0. The van der Waals surface area contributed by atoms with Gasteiger partial charge >= 0.3 is 0 Å². The van der Waals surface area contributed by atoms with Crippen LogP contribution in [0.25, 0.3) is 11.2 Å². The van der Waals surface area contributed by atoms with Crippen LogP contribution < -0.4 is 10.6 Å². The fraction of sp³-hybridized carbons (Fsp3) is 0.522. The summed E-state index contributed by atoms with van der Waals surface area (Å²) in [6, 6.07) is 4.78. The number of sulfonamides is 1. The van der Waals surface area contributed by atoms with E-state index in [1.54, 1.807) is 12.3 Å². The van der Waals surface area contributed by atoms with E-state index < -0.39 is 15.8 Å². The number of imidazole rings is 1. The number of halogens is 1. The van der Waals surface area contributed by atoms with Gasteiger partial charge in [0.25, 0.3) is 0 Å². The zero-order valence-corrected chi connectivity index (χ0v) is 20.6. The highest BCUT2D eigenvalue weighted by atomic mass is 32.2. The molecule has 0 unspecified atom stereocenters. The smallest absolute Gasteiger partial charge is 0.224 e. The van der Waals surface area contributed by atoms with Gasteiger partial charge in [0.1, 0.15) is 11.3 Å². The molecule has 0 bridgehead atoms. The number of fused-ring (bicyclic) bond motifs is 1. The molecule has 35 heavy (non-hydrogen) atoms. The van der Waals surface area contributed by atoms with Gasteiger partial charge in [-0.2, -0.15) is 4.98 Å². The molecule has 12 heteroatoms. The first-order valence-corrected chi connectivity index (χ1v) is 13.7. The van der Waals surface area contributed by atoms with E-state index in [-0.39, 0.29) is 24.7 Å². The molecule has 1 saturated heterocycles. The molecule has 1 aromatic carbocycles. The SMILES string of the molecule is Cc1cccc(F)c1Nc1nc2cnc(N[C@H]3CC[C@H](O)CC3)nc2n1[C@@H]1CCN(S(C)(=O)=O)C1. The lowest BCUT2D eigenvalue weighted by molar-refractivity contribution is 0.126. The number of aromatic nitrogens is 4. The Bertz CT molecular complexity index is 1320. The molecular formula is C23H30FN7O3S. The largest absolute Gasteiger partial charge is 0.393 e. The Morgan fingerprint density at radius 2 is 1.91 bits per heavy atom. The third kappa shape index (κ3) is 4.95. The molecule has 1 aliphatic carbocycles. The second-order valence-electron chi connectivity index (χ2n) is 9.48. The van der Waals surface area contributed by atoms with E-state index in [4.69, 9.17) is 4.98 Å². The fourth-order valence-electron chi connectivity index (χ4n) is 4.92. The number of anilines is 3. The normalized spacial score (nSPS) is 23.6. The van der Waals surface area contributed by atoms with Gasteiger partial charge in [0, 0.05) is 19.1 Å². The highest BCUT2D eigenvalue weighted by molar-refractivity contribution is 7.88. The maximum atomic E-state index is 14.6. The number of nitrogens with one attached hydrogen (secondary N) is 2. The van der Waals surface area contributed by atoms with E-state index in [1.165, 1.54) is 16.6 Å². The van der Waals surface area contributed by atoms with Crippen molar-refractivity contribution < 1.29 is 17.9 Å². The molecule has 3 heterocycles. The van der Waals surface area contributed by atoms with Gasteiger partial charge in [-0.15, -0.1) is 0 Å². The summed E-state index contributed by atoms with van der Waals surface area (Å²) in [6.45, 7) is 2.48. The molecule has 5 rings (SSSR count). The van der Waals surface area contributed by atoms with Crippen LogP contribution in [0.1, 0.15) is 43.7 Å². The predicted octanol–water partition coefficient (Wildman–Crippen LogP) is 2.94. The number of aliphatic hydroxyl groups is 1. The van der Waals surface area contributed by atoms with Crippen LogP contribution in [0.2, 0.25) is 0 Å². The highest BCUT2D eigenvalue weighted by Crippen LogP contribution is 2.33. The molecule has 2 aliphatic rings. The first kappa shape index (κ1) is 23.9. The Morgan fingerprint density at radius 1 is 1.14 bits per heavy atom. The van der Waals surface area contributed by atoms with Crippen molar-refractivity contribution in [3.63, 3.8) is 0 Å². The molecule has 0 radical (unpaired) electrons. The van der Waals surface area contributed by atoms with Crippen molar-refractivity contribution in [2.45, 2.75) is 57.2 Å². The van der Waals surface area contributed by atoms with Crippen molar-refractivity contribution in [3.8, 4) is 0 Å². The Hall–Kier alpha value is -2.83. The molecule has 188 valence electrons. The van der Waals surface area contributed by atoms with Crippen molar-refractivity contribution in [2.24, 2.45) is 0 Å². The van der Waals surface area contributed by atoms with Crippen LogP contribution in [0, 0.1) is 12.7 Å². The molecule has 0 amide bonds. The lowest BCUT2D eigenvalue weighted by atomic mass is 9.93. The van der Waals surface area contributed by atoms with Crippen LogP contribution in [0.15, 0.2) is 24.4 Å². The molecule has 3 aromatic rings. The van der Waals surface area contributed by atoms with Gasteiger partial charge in [-0.3, -0.25) is 4.57 Å². The van der Waals surface area contributed by atoms with Crippen LogP contribution >= 0.6 is 0 Å². The Labute approximate surface area is 203 Å². The number of hydrogen-bond acceptors (Lipinski definition) is 8. The predicted molar refractivity (Wildman–Crippen MR) is 132 cm³/mol. The van der Waals surface area contributed by atoms with Crippen LogP contribution in [0.4, 0.5) is 22.0 Å². The van der Waals surface area contributed by atoms with Crippen molar-refractivity contribution in [3.05, 3.63) is 35.8 Å². The van der Waals surface area contributed by atoms with Gasteiger partial charge in [0.05, 0.1) is 30.3 Å². The topological polar surface area (TPSA) is 125 Å². The summed E-state index contributed by atoms with van der Waals surface area (Å²) in [7, 11) is -3.34. The number of aryl methyl sites for hydroxylation is 1. The van der Waals surface area contributed by atoms with Gasteiger partial charge in [-0.25, -0.2) is 27.1 Å². The van der Waals surface area contributed by atoms with Gasteiger partial charge in [-0.05, 0) is 50.7 Å². The number of rotatable bonds is 6. The van der Waals surface area contributed by atoms with Crippen molar-refractivity contribution in [2.75, 3.05) is 30.0 Å². The lowest BCUT2D eigenvalue weighted by Crippen LogP contribution is -2.29. The number of nitrogens with zero attached hydrogens (tertiary/aromatic N) is 5. The molecule has 3 N–H and O–H groups in total. The third-order valence-corrected chi connectivity index (χ3v) is 8.15. The van der Waals surface area contributed by atoms with Gasteiger partial charge in [0.15, 0.2) is 5.65 Å². The highest BCUT2D eigenvalue weighted by Gasteiger charge is 2.33. The first-order valence-electron chi connectivity index (χ1n) is 11.9. The number of para-hydroxylation sites is 1. The van der Waals surface area contributed by atoms with Crippen molar-refractivity contribution in [1.82, 2.24) is 23.8 Å². The van der Waals surface area contributed by atoms with Crippen LogP contribution in [0.3, 0.4) is 0 Å². The van der Waals surface area contributed by atoms with Gasteiger partial charge < -0.3 is 15.7 Å². The maximum absolute atomic E-state index is 14.6. The summed E-state index contributed by atoms with van der Waals surface area (Å²) in [5, 5.41) is 16.3. The fourth-order valence-corrected chi connectivity index (χ4v) is 5.80. The number of hydrogen-bond donors (Lipinski definition) is 3. The quantitative estimate of drug-likeness (QED) is 0.469. The second-order valence-corrected chi connectivity index (χ2v) is 11.5. The number of aliphatic hydroxyl groups excluding tert-OH is 1. The lowest BCUT2D eigenvalue weighted by Gasteiger charge is -2.26. The summed E-state index contributed by atoms with van der Waals surface area (Å²) in [4.78, 5) is 13.8. The van der Waals surface area contributed by atoms with Crippen molar-refractivity contribution in [1.29, 1.82) is 0 Å². The van der Waals surface area contributed by atoms with E-state index in [1.807, 2.05) is 17.6 Å². The van der Waals surface area contributed by atoms with E-state index in [2.05, 4.69) is 20.6 Å². The van der Waals surface area contributed by atoms with Gasteiger partial charge in [0.2, 0.25) is 21.9 Å². The molecule has 2 fully saturated rings. The third-order valence-electron chi connectivity index (χ3n) is 6.88. The van der Waals surface area contributed by atoms with E-state index in [0.29, 0.717) is 41.7 Å². The summed E-state index contributed by atoms with van der Waals surface area (Å²) < 4.78 is 42.2. The average Bonchev–Trinajstić information content (AvgIpc) is 3.42. The van der Waals surface area contributed by atoms with Crippen LogP contribution in [-0.2, 0) is 10.0 Å². The first-order chi connectivity index (χ1) is 16.7. The minimum atomic E-state index is -3.34. The monoisotopic (exact) mass is 503 g/mol. The molecule has 2 aromatic heterocycles. The van der Waals surface area contributed by atoms with E-state index in [0.717, 1.165) is 31.2 Å². The standard InChI is InChI=1S/C23H30FN7O3S/c1-14-4-3-5-18(24)20(14)28-23-27-19-12-25-22(26-15-6-8-17(32)9-7-15)29-21(19)31(23)16-10-11-30(13-16)35(2,33)34/h3-5,12,15-17,32H,6-11,13H2,1-2H3,(H,27,28)(H,25,26,29)/t15-,16-,17-/m1/s1. The van der Waals surface area contributed by atoms with Crippen LogP contribution in [-0.4, -0.2) is 68.8 Å². The molecule has 1 aliphatic heterocycles. The summed E-state index contributed by atoms with van der Waals surface area (Å²) in [6.07, 6.45) is 6.27. The Balaban J connectivity index is 1.53. The second kappa shape index (κ2) is 9.32. The summed E-state index contributed by atoms with van der Waals surface area (Å²) in [5.41, 5.74) is 2.12. The minimum Gasteiger partial charge on any atom is -0.393 e. The van der Waals surface area contributed by atoms with E-state index >= 15 is 0 Å². The van der Waals surface area contributed by atoms with Crippen molar-refractivity contribution >= 4 is 38.8 Å². The van der Waals surface area contributed by atoms with Crippen LogP contribution in [0.5, 0.6) is 0 Å². The molecule has 1 atom stereocenters.